The molecule has 1 aromatic carbocycles. The average molecular weight is 394 g/mol. The van der Waals surface area contributed by atoms with Crippen molar-refractivity contribution in [3.05, 3.63) is 71.1 Å². The lowest BCUT2D eigenvalue weighted by atomic mass is 10.1. The highest BCUT2D eigenvalue weighted by Gasteiger charge is 2.31. The minimum atomic E-state index is -4.52. The van der Waals surface area contributed by atoms with E-state index in [1.807, 2.05) is 0 Å². The Balaban J connectivity index is 1.89. The van der Waals surface area contributed by atoms with E-state index >= 15 is 0 Å². The molecule has 0 atom stereocenters. The Hall–Kier alpha value is -3.13. The van der Waals surface area contributed by atoms with Gasteiger partial charge in [0.2, 0.25) is 5.91 Å². The second kappa shape index (κ2) is 7.24. The molecule has 0 unspecified atom stereocenters. The van der Waals surface area contributed by atoms with Crippen molar-refractivity contribution in [1.82, 2.24) is 9.97 Å². The fourth-order valence-electron chi connectivity index (χ4n) is 2.27. The van der Waals surface area contributed by atoms with Crippen LogP contribution in [0.4, 0.5) is 13.2 Å². The van der Waals surface area contributed by atoms with Gasteiger partial charge in [0, 0.05) is 24.0 Å². The Morgan fingerprint density at radius 1 is 1.07 bits per heavy atom. The van der Waals surface area contributed by atoms with Crippen LogP contribution in [0.5, 0.6) is 11.5 Å². The van der Waals surface area contributed by atoms with Crippen LogP contribution >= 0.6 is 11.6 Å². The number of alkyl halides is 3. The summed E-state index contributed by atoms with van der Waals surface area (Å²) in [4.78, 5) is 19.0. The smallest absolute Gasteiger partial charge is 0.418 e. The Labute approximate surface area is 156 Å². The summed E-state index contributed by atoms with van der Waals surface area (Å²) in [7, 11) is 0. The van der Waals surface area contributed by atoms with Crippen molar-refractivity contribution < 1.29 is 22.7 Å². The predicted molar refractivity (Wildman–Crippen MR) is 92.5 cm³/mol. The van der Waals surface area contributed by atoms with Crippen molar-refractivity contribution in [2.75, 3.05) is 0 Å². The monoisotopic (exact) mass is 393 g/mol. The van der Waals surface area contributed by atoms with Crippen molar-refractivity contribution in [2.24, 2.45) is 5.73 Å². The number of pyridine rings is 2. The number of hydrogen-bond acceptors (Lipinski definition) is 4. The van der Waals surface area contributed by atoms with E-state index < -0.39 is 17.6 Å². The lowest BCUT2D eigenvalue weighted by Gasteiger charge is -2.10. The van der Waals surface area contributed by atoms with Gasteiger partial charge >= 0.3 is 6.18 Å². The summed E-state index contributed by atoms with van der Waals surface area (Å²) >= 11 is 6.03. The molecule has 0 aliphatic carbocycles. The van der Waals surface area contributed by atoms with E-state index in [2.05, 4.69) is 9.97 Å². The number of carbonyl (C=O) groups excluding carboxylic acids is 1. The SMILES string of the molecule is NC(=O)c1ccc(-c2cc(Oc3cncc(C(F)(F)F)c3)ccn2)cc1Cl. The van der Waals surface area contributed by atoms with E-state index in [4.69, 9.17) is 22.1 Å². The van der Waals surface area contributed by atoms with Crippen molar-refractivity contribution in [3.63, 3.8) is 0 Å². The molecule has 2 heterocycles. The molecule has 27 heavy (non-hydrogen) atoms. The molecule has 0 aliphatic heterocycles. The molecule has 0 saturated heterocycles. The summed E-state index contributed by atoms with van der Waals surface area (Å²) in [5.74, 6) is -0.464. The van der Waals surface area contributed by atoms with Crippen LogP contribution in [0.3, 0.4) is 0 Å². The molecule has 5 nitrogen and oxygen atoms in total. The van der Waals surface area contributed by atoms with E-state index in [0.717, 1.165) is 6.07 Å². The lowest BCUT2D eigenvalue weighted by Crippen LogP contribution is -2.11. The standard InChI is InChI=1S/C18H11ClF3N3O2/c19-15-5-10(1-2-14(15)17(23)26)16-7-12(3-4-25-16)27-13-6-11(8-24-9-13)18(20,21)22/h1-9H,(H2,23,26). The van der Waals surface area contributed by atoms with Gasteiger partial charge in [0.25, 0.3) is 0 Å². The minimum absolute atomic E-state index is 0.0657. The van der Waals surface area contributed by atoms with E-state index in [0.29, 0.717) is 17.5 Å². The van der Waals surface area contributed by atoms with Crippen LogP contribution in [0, 0.1) is 0 Å². The number of carbonyl (C=O) groups is 1. The summed E-state index contributed by atoms with van der Waals surface area (Å²) in [6, 6.07) is 8.44. The highest BCUT2D eigenvalue weighted by molar-refractivity contribution is 6.34. The summed E-state index contributed by atoms with van der Waals surface area (Å²) < 4.78 is 43.8. The zero-order chi connectivity index (χ0) is 19.6. The molecule has 3 rings (SSSR count). The molecular weight excluding hydrogens is 383 g/mol. The predicted octanol–water partition coefficient (Wildman–Crippen LogP) is 4.71. The molecular formula is C18H11ClF3N3O2. The summed E-state index contributed by atoms with van der Waals surface area (Å²) in [6.45, 7) is 0. The van der Waals surface area contributed by atoms with E-state index in [-0.39, 0.29) is 22.1 Å². The van der Waals surface area contributed by atoms with E-state index in [1.54, 1.807) is 6.07 Å². The molecule has 138 valence electrons. The highest BCUT2D eigenvalue weighted by Crippen LogP contribution is 2.33. The van der Waals surface area contributed by atoms with Gasteiger partial charge in [-0.1, -0.05) is 17.7 Å². The van der Waals surface area contributed by atoms with Gasteiger partial charge in [-0.15, -0.1) is 0 Å². The molecule has 0 aliphatic rings. The van der Waals surface area contributed by atoms with Gasteiger partial charge in [0.15, 0.2) is 0 Å². The molecule has 0 bridgehead atoms. The topological polar surface area (TPSA) is 78.1 Å². The number of hydrogen-bond donors (Lipinski definition) is 1. The third-order valence-corrected chi connectivity index (χ3v) is 3.85. The number of nitrogens with two attached hydrogens (primary N) is 1. The third-order valence-electron chi connectivity index (χ3n) is 3.54. The number of nitrogens with zero attached hydrogens (tertiary/aromatic N) is 2. The summed E-state index contributed by atoms with van der Waals surface area (Å²) in [5.41, 5.74) is 5.50. The maximum Gasteiger partial charge on any atom is 0.418 e. The van der Waals surface area contributed by atoms with Crippen LogP contribution in [0.2, 0.25) is 5.02 Å². The first-order valence-electron chi connectivity index (χ1n) is 7.50. The van der Waals surface area contributed by atoms with Crippen molar-refractivity contribution in [1.29, 1.82) is 0 Å². The maximum atomic E-state index is 12.8. The van der Waals surface area contributed by atoms with Crippen molar-refractivity contribution in [2.45, 2.75) is 6.18 Å². The number of amides is 1. The molecule has 0 fully saturated rings. The van der Waals surface area contributed by atoms with Gasteiger partial charge in [-0.3, -0.25) is 14.8 Å². The molecule has 0 spiro atoms. The van der Waals surface area contributed by atoms with Crippen molar-refractivity contribution >= 4 is 17.5 Å². The van der Waals surface area contributed by atoms with Crippen LogP contribution in [0.25, 0.3) is 11.3 Å². The van der Waals surface area contributed by atoms with Crippen LogP contribution in [-0.2, 0) is 6.18 Å². The Kier molecular flexibility index (Phi) is 5.00. The van der Waals surface area contributed by atoms with Crippen LogP contribution in [-0.4, -0.2) is 15.9 Å². The molecule has 2 N–H and O–H groups in total. The first-order valence-corrected chi connectivity index (χ1v) is 7.88. The number of ether oxygens (including phenoxy) is 1. The summed E-state index contributed by atoms with van der Waals surface area (Å²) in [6.07, 6.45) is -1.20. The quantitative estimate of drug-likeness (QED) is 0.696. The van der Waals surface area contributed by atoms with Gasteiger partial charge in [-0.05, 0) is 24.3 Å². The van der Waals surface area contributed by atoms with E-state index in [9.17, 15) is 18.0 Å². The number of rotatable bonds is 4. The van der Waals surface area contributed by atoms with Gasteiger partial charge in [-0.2, -0.15) is 13.2 Å². The number of halogens is 4. The van der Waals surface area contributed by atoms with E-state index in [1.165, 1.54) is 36.7 Å². The normalized spacial score (nSPS) is 11.3. The fourth-order valence-corrected chi connectivity index (χ4v) is 2.55. The van der Waals surface area contributed by atoms with Crippen LogP contribution < -0.4 is 10.5 Å². The van der Waals surface area contributed by atoms with Crippen LogP contribution in [0.15, 0.2) is 55.0 Å². The molecule has 0 radical (unpaired) electrons. The number of primary amides is 1. The largest absolute Gasteiger partial charge is 0.456 e. The van der Waals surface area contributed by atoms with Gasteiger partial charge in [0.05, 0.1) is 28.0 Å². The minimum Gasteiger partial charge on any atom is -0.456 e. The third kappa shape index (κ3) is 4.35. The first-order chi connectivity index (χ1) is 12.7. The van der Waals surface area contributed by atoms with Crippen molar-refractivity contribution in [3.8, 4) is 22.8 Å². The Bertz CT molecular complexity index is 1010. The number of benzene rings is 1. The fraction of sp³-hybridized carbons (Fsp3) is 0.0556. The summed E-state index contributed by atoms with van der Waals surface area (Å²) in [5, 5.41) is 0.162. The molecule has 3 aromatic rings. The van der Waals surface area contributed by atoms with Gasteiger partial charge in [0.1, 0.15) is 11.5 Å². The van der Waals surface area contributed by atoms with Gasteiger partial charge in [-0.25, -0.2) is 0 Å². The zero-order valence-corrected chi connectivity index (χ0v) is 14.3. The molecule has 2 aromatic heterocycles. The Morgan fingerprint density at radius 3 is 2.52 bits per heavy atom. The van der Waals surface area contributed by atoms with Crippen LogP contribution in [0.1, 0.15) is 15.9 Å². The van der Waals surface area contributed by atoms with Gasteiger partial charge < -0.3 is 10.5 Å². The second-order valence-electron chi connectivity index (χ2n) is 5.44. The zero-order valence-electron chi connectivity index (χ0n) is 13.5. The molecule has 1 amide bonds. The highest BCUT2D eigenvalue weighted by atomic mass is 35.5. The second-order valence-corrected chi connectivity index (χ2v) is 5.85. The average Bonchev–Trinajstić information content (AvgIpc) is 2.61. The molecule has 9 heteroatoms. The Morgan fingerprint density at radius 2 is 1.85 bits per heavy atom. The molecule has 0 saturated carbocycles. The number of aromatic nitrogens is 2. The maximum absolute atomic E-state index is 12.8. The first kappa shape index (κ1) is 18.7. The lowest BCUT2D eigenvalue weighted by molar-refractivity contribution is -0.137.